The monoisotopic (exact) mass is 229 g/mol. The van der Waals surface area contributed by atoms with Gasteiger partial charge in [-0.25, -0.2) is 9.97 Å². The number of fused-ring (bicyclic) bond motifs is 2. The first kappa shape index (κ1) is 9.36. The van der Waals surface area contributed by atoms with Crippen molar-refractivity contribution in [3.05, 3.63) is 41.7 Å². The zero-order valence-electron chi connectivity index (χ0n) is 8.31. The molecule has 4 heteroatoms. The highest BCUT2D eigenvalue weighted by molar-refractivity contribution is 6.28. The molecule has 1 aromatic heterocycles. The Labute approximate surface area is 96.9 Å². The summed E-state index contributed by atoms with van der Waals surface area (Å²) in [5.74, 6) is 0.417. The quantitative estimate of drug-likeness (QED) is 0.476. The Morgan fingerprint density at radius 2 is 1.69 bits per heavy atom. The molecule has 3 aromatic rings. The van der Waals surface area contributed by atoms with Crippen LogP contribution in [0.15, 0.2) is 36.4 Å². The summed E-state index contributed by atoms with van der Waals surface area (Å²) in [5.41, 5.74) is 6.59. The molecule has 0 fully saturated rings. The molecule has 0 atom stereocenters. The van der Waals surface area contributed by atoms with Crippen molar-refractivity contribution < 1.29 is 0 Å². The third-order valence-corrected chi connectivity index (χ3v) is 2.73. The van der Waals surface area contributed by atoms with Crippen LogP contribution in [-0.4, -0.2) is 9.97 Å². The van der Waals surface area contributed by atoms with Gasteiger partial charge in [-0.2, -0.15) is 0 Å². The largest absolute Gasteiger partial charge is 0.383 e. The minimum Gasteiger partial charge on any atom is -0.383 e. The maximum Gasteiger partial charge on any atom is 0.224 e. The van der Waals surface area contributed by atoms with Crippen molar-refractivity contribution in [3.63, 3.8) is 0 Å². The number of benzene rings is 2. The topological polar surface area (TPSA) is 51.8 Å². The van der Waals surface area contributed by atoms with Gasteiger partial charge in [-0.3, -0.25) is 0 Å². The summed E-state index contributed by atoms with van der Waals surface area (Å²) >= 11 is 5.77. The van der Waals surface area contributed by atoms with Crippen LogP contribution in [0.25, 0.3) is 21.7 Å². The summed E-state index contributed by atoms with van der Waals surface area (Å²) in [6.45, 7) is 0. The molecule has 0 aliphatic rings. The first-order chi connectivity index (χ1) is 7.74. The Bertz CT molecular complexity index is 694. The Morgan fingerprint density at radius 3 is 2.44 bits per heavy atom. The van der Waals surface area contributed by atoms with E-state index in [0.717, 1.165) is 21.7 Å². The smallest absolute Gasteiger partial charge is 0.224 e. The molecule has 0 amide bonds. The lowest BCUT2D eigenvalue weighted by Crippen LogP contribution is -1.94. The highest BCUT2D eigenvalue weighted by Crippen LogP contribution is 2.25. The van der Waals surface area contributed by atoms with E-state index in [4.69, 9.17) is 17.3 Å². The van der Waals surface area contributed by atoms with Gasteiger partial charge in [-0.05, 0) is 34.5 Å². The predicted molar refractivity (Wildman–Crippen MR) is 66.5 cm³/mol. The molecular formula is C12H8ClN3. The molecular weight excluding hydrogens is 222 g/mol. The average molecular weight is 230 g/mol. The molecule has 16 heavy (non-hydrogen) atoms. The van der Waals surface area contributed by atoms with Crippen LogP contribution in [0, 0.1) is 0 Å². The average Bonchev–Trinajstić information content (AvgIpc) is 2.27. The Morgan fingerprint density at radius 1 is 1.00 bits per heavy atom. The van der Waals surface area contributed by atoms with Crippen molar-refractivity contribution in [1.82, 2.24) is 9.97 Å². The van der Waals surface area contributed by atoms with E-state index < -0.39 is 0 Å². The second kappa shape index (κ2) is 3.32. The lowest BCUT2D eigenvalue weighted by molar-refractivity contribution is 1.23. The SMILES string of the molecule is Nc1nc(Cl)nc2cc3ccccc3cc12. The van der Waals surface area contributed by atoms with Crippen LogP contribution < -0.4 is 5.73 Å². The summed E-state index contributed by atoms with van der Waals surface area (Å²) in [5, 5.41) is 3.25. The van der Waals surface area contributed by atoms with E-state index in [2.05, 4.69) is 9.97 Å². The number of anilines is 1. The predicted octanol–water partition coefficient (Wildman–Crippen LogP) is 3.02. The number of nitrogen functional groups attached to an aromatic ring is 1. The molecule has 0 spiro atoms. The summed E-state index contributed by atoms with van der Waals surface area (Å²) in [6.07, 6.45) is 0. The van der Waals surface area contributed by atoms with Crippen LogP contribution in [0.5, 0.6) is 0 Å². The maximum atomic E-state index is 5.81. The standard InChI is InChI=1S/C12H8ClN3/c13-12-15-10-6-8-4-2-1-3-7(8)5-9(10)11(14)16-12/h1-6H,(H2,14,15,16). The molecule has 0 bridgehead atoms. The number of rotatable bonds is 0. The highest BCUT2D eigenvalue weighted by atomic mass is 35.5. The van der Waals surface area contributed by atoms with E-state index in [1.165, 1.54) is 0 Å². The van der Waals surface area contributed by atoms with Gasteiger partial charge in [-0.1, -0.05) is 24.3 Å². The Hall–Kier alpha value is -1.87. The van der Waals surface area contributed by atoms with Crippen LogP contribution in [0.4, 0.5) is 5.82 Å². The van der Waals surface area contributed by atoms with Crippen molar-refractivity contribution >= 4 is 39.1 Å². The first-order valence-corrected chi connectivity index (χ1v) is 5.23. The highest BCUT2D eigenvalue weighted by Gasteiger charge is 2.04. The van der Waals surface area contributed by atoms with Gasteiger partial charge in [-0.15, -0.1) is 0 Å². The van der Waals surface area contributed by atoms with Gasteiger partial charge in [0.1, 0.15) is 5.82 Å². The zero-order valence-corrected chi connectivity index (χ0v) is 9.07. The maximum absolute atomic E-state index is 5.81. The zero-order chi connectivity index (χ0) is 11.1. The van der Waals surface area contributed by atoms with Crippen LogP contribution in [0.2, 0.25) is 5.28 Å². The summed E-state index contributed by atoms with van der Waals surface area (Å²) in [4.78, 5) is 8.10. The molecule has 0 aliphatic heterocycles. The number of nitrogens with two attached hydrogens (primary N) is 1. The Balaban J connectivity index is 2.51. The van der Waals surface area contributed by atoms with E-state index >= 15 is 0 Å². The number of hydrogen-bond donors (Lipinski definition) is 1. The van der Waals surface area contributed by atoms with Gasteiger partial charge in [0.25, 0.3) is 0 Å². The van der Waals surface area contributed by atoms with E-state index in [0.29, 0.717) is 5.82 Å². The van der Waals surface area contributed by atoms with E-state index in [-0.39, 0.29) is 5.28 Å². The van der Waals surface area contributed by atoms with Crippen LogP contribution in [0.3, 0.4) is 0 Å². The van der Waals surface area contributed by atoms with Crippen molar-refractivity contribution in [3.8, 4) is 0 Å². The second-order valence-electron chi connectivity index (χ2n) is 3.59. The van der Waals surface area contributed by atoms with Crippen LogP contribution >= 0.6 is 11.6 Å². The van der Waals surface area contributed by atoms with Gasteiger partial charge in [0.15, 0.2) is 0 Å². The molecule has 1 heterocycles. The molecule has 78 valence electrons. The molecule has 0 saturated heterocycles. The van der Waals surface area contributed by atoms with E-state index in [9.17, 15) is 0 Å². The molecule has 0 saturated carbocycles. The third kappa shape index (κ3) is 1.37. The van der Waals surface area contributed by atoms with Gasteiger partial charge < -0.3 is 5.73 Å². The molecule has 0 radical (unpaired) electrons. The van der Waals surface area contributed by atoms with Crippen LogP contribution in [-0.2, 0) is 0 Å². The lowest BCUT2D eigenvalue weighted by atomic mass is 10.1. The first-order valence-electron chi connectivity index (χ1n) is 4.85. The molecule has 0 unspecified atom stereocenters. The van der Waals surface area contributed by atoms with Gasteiger partial charge in [0, 0.05) is 5.39 Å². The fraction of sp³-hybridized carbons (Fsp3) is 0. The van der Waals surface area contributed by atoms with Crippen molar-refractivity contribution in [2.75, 3.05) is 5.73 Å². The normalized spacial score (nSPS) is 11.1. The van der Waals surface area contributed by atoms with E-state index in [1.807, 2.05) is 36.4 Å². The molecule has 3 nitrogen and oxygen atoms in total. The Kier molecular flexibility index (Phi) is 1.94. The summed E-state index contributed by atoms with van der Waals surface area (Å²) in [6, 6.07) is 12.0. The second-order valence-corrected chi connectivity index (χ2v) is 3.93. The summed E-state index contributed by atoms with van der Waals surface area (Å²) in [7, 11) is 0. The number of nitrogens with zero attached hydrogens (tertiary/aromatic N) is 2. The van der Waals surface area contributed by atoms with E-state index in [1.54, 1.807) is 0 Å². The number of aromatic nitrogens is 2. The molecule has 3 rings (SSSR count). The van der Waals surface area contributed by atoms with Crippen LogP contribution in [0.1, 0.15) is 0 Å². The minimum absolute atomic E-state index is 0.181. The van der Waals surface area contributed by atoms with Gasteiger partial charge in [0.05, 0.1) is 5.52 Å². The molecule has 2 aromatic carbocycles. The van der Waals surface area contributed by atoms with Gasteiger partial charge in [0.2, 0.25) is 5.28 Å². The molecule has 0 aliphatic carbocycles. The molecule has 2 N–H and O–H groups in total. The minimum atomic E-state index is 0.181. The van der Waals surface area contributed by atoms with Crippen molar-refractivity contribution in [1.29, 1.82) is 0 Å². The number of halogens is 1. The van der Waals surface area contributed by atoms with Crippen molar-refractivity contribution in [2.45, 2.75) is 0 Å². The summed E-state index contributed by atoms with van der Waals surface area (Å²) < 4.78 is 0. The lowest BCUT2D eigenvalue weighted by Gasteiger charge is -2.03. The fourth-order valence-electron chi connectivity index (χ4n) is 1.81. The van der Waals surface area contributed by atoms with Gasteiger partial charge >= 0.3 is 0 Å². The fourth-order valence-corrected chi connectivity index (χ4v) is 1.99. The van der Waals surface area contributed by atoms with Crippen molar-refractivity contribution in [2.24, 2.45) is 0 Å². The third-order valence-electron chi connectivity index (χ3n) is 2.57. The number of hydrogen-bond acceptors (Lipinski definition) is 3.